The number of halogens is 3. The van der Waals surface area contributed by atoms with Gasteiger partial charge in [0.2, 0.25) is 0 Å². The second-order valence-corrected chi connectivity index (χ2v) is 12.5. The number of hydrogen-bond donors (Lipinski definition) is 3. The number of amides is 3. The van der Waals surface area contributed by atoms with Crippen molar-refractivity contribution in [3.05, 3.63) is 113 Å². The van der Waals surface area contributed by atoms with Crippen molar-refractivity contribution in [1.29, 1.82) is 0 Å². The SMILES string of the molecule is O=C(O)COc1c(-c2cccc(Cl)c2)cc(C(=O)NC(=O)NCCCCCCCCn2ccc3cc(F)ccc32)cc1-c1cccc(Cl)c1. The highest BCUT2D eigenvalue weighted by molar-refractivity contribution is 6.31. The first-order valence-corrected chi connectivity index (χ1v) is 16.8. The van der Waals surface area contributed by atoms with Crippen LogP contribution in [-0.2, 0) is 11.3 Å². The number of imide groups is 1. The van der Waals surface area contributed by atoms with E-state index in [9.17, 15) is 23.9 Å². The summed E-state index contributed by atoms with van der Waals surface area (Å²) < 4.78 is 21.3. The molecule has 0 aliphatic carbocycles. The number of carbonyl (C=O) groups is 3. The Morgan fingerprint density at radius 1 is 0.776 bits per heavy atom. The summed E-state index contributed by atoms with van der Waals surface area (Å²) in [5, 5.41) is 16.3. The third-order valence-corrected chi connectivity index (χ3v) is 8.50. The Hall–Kier alpha value is -4.86. The van der Waals surface area contributed by atoms with Gasteiger partial charge in [0, 0.05) is 56.9 Å². The molecule has 0 fully saturated rings. The lowest BCUT2D eigenvalue weighted by Gasteiger charge is -2.18. The van der Waals surface area contributed by atoms with Crippen molar-refractivity contribution in [2.45, 2.75) is 45.1 Å². The summed E-state index contributed by atoms with van der Waals surface area (Å²) in [7, 11) is 0. The predicted octanol–water partition coefficient (Wildman–Crippen LogP) is 9.36. The van der Waals surface area contributed by atoms with Crippen molar-refractivity contribution in [2.24, 2.45) is 0 Å². The van der Waals surface area contributed by atoms with Crippen molar-refractivity contribution in [3.63, 3.8) is 0 Å². The number of unbranched alkanes of at least 4 members (excludes halogenated alkanes) is 5. The molecule has 1 heterocycles. The minimum atomic E-state index is -1.17. The van der Waals surface area contributed by atoms with Crippen LogP contribution in [0.25, 0.3) is 33.2 Å². The molecule has 0 spiro atoms. The Balaban J connectivity index is 1.16. The first-order valence-electron chi connectivity index (χ1n) is 16.1. The molecule has 4 aromatic carbocycles. The third-order valence-electron chi connectivity index (χ3n) is 8.03. The summed E-state index contributed by atoms with van der Waals surface area (Å²) in [6, 6.07) is 23.0. The number of carbonyl (C=O) groups excluding carboxylic acids is 2. The van der Waals surface area contributed by atoms with E-state index < -0.39 is 24.5 Å². The van der Waals surface area contributed by atoms with Crippen LogP contribution >= 0.6 is 23.2 Å². The smallest absolute Gasteiger partial charge is 0.341 e. The molecule has 0 saturated carbocycles. The van der Waals surface area contributed by atoms with Crippen LogP contribution in [0.1, 0.15) is 48.9 Å². The Bertz CT molecular complexity index is 1890. The molecule has 8 nitrogen and oxygen atoms in total. The molecule has 0 saturated heterocycles. The van der Waals surface area contributed by atoms with E-state index in [1.165, 1.54) is 18.2 Å². The fraction of sp³-hybridized carbons (Fsp3) is 0.237. The van der Waals surface area contributed by atoms with Crippen LogP contribution in [0.2, 0.25) is 10.0 Å². The van der Waals surface area contributed by atoms with Crippen molar-refractivity contribution in [2.75, 3.05) is 13.2 Å². The summed E-state index contributed by atoms with van der Waals surface area (Å²) in [6.45, 7) is 0.669. The predicted molar refractivity (Wildman–Crippen MR) is 191 cm³/mol. The Labute approximate surface area is 293 Å². The zero-order chi connectivity index (χ0) is 34.8. The van der Waals surface area contributed by atoms with E-state index in [2.05, 4.69) is 15.2 Å². The molecule has 254 valence electrons. The van der Waals surface area contributed by atoms with Gasteiger partial charge >= 0.3 is 12.0 Å². The summed E-state index contributed by atoms with van der Waals surface area (Å²) in [6.07, 6.45) is 7.87. The van der Waals surface area contributed by atoms with Crippen LogP contribution in [0.5, 0.6) is 5.75 Å². The molecular formula is C38H36Cl2FN3O5. The van der Waals surface area contributed by atoms with Crippen molar-refractivity contribution in [1.82, 2.24) is 15.2 Å². The van der Waals surface area contributed by atoms with Gasteiger partial charge in [0.05, 0.1) is 0 Å². The molecule has 5 aromatic rings. The summed E-state index contributed by atoms with van der Waals surface area (Å²) >= 11 is 12.5. The number of nitrogens with one attached hydrogen (secondary N) is 2. The summed E-state index contributed by atoms with van der Waals surface area (Å²) in [4.78, 5) is 37.5. The van der Waals surface area contributed by atoms with E-state index in [1.54, 1.807) is 54.6 Å². The molecule has 0 bridgehead atoms. The molecule has 0 unspecified atom stereocenters. The maximum atomic E-state index is 13.4. The van der Waals surface area contributed by atoms with E-state index in [0.717, 1.165) is 56.0 Å². The zero-order valence-corrected chi connectivity index (χ0v) is 28.2. The number of aromatic nitrogens is 1. The normalized spacial score (nSPS) is 11.0. The molecule has 0 atom stereocenters. The van der Waals surface area contributed by atoms with Gasteiger partial charge in [-0.1, -0.05) is 73.2 Å². The fourth-order valence-corrected chi connectivity index (χ4v) is 6.07. The van der Waals surface area contributed by atoms with E-state index in [4.69, 9.17) is 27.9 Å². The fourth-order valence-electron chi connectivity index (χ4n) is 5.69. The first kappa shape index (κ1) is 35.4. The number of carboxylic acids is 1. The average Bonchev–Trinajstić information content (AvgIpc) is 3.47. The molecule has 0 aliphatic rings. The lowest BCUT2D eigenvalue weighted by atomic mass is 9.94. The van der Waals surface area contributed by atoms with Gasteiger partial charge in [-0.25, -0.2) is 14.0 Å². The van der Waals surface area contributed by atoms with Gasteiger partial charge in [-0.3, -0.25) is 10.1 Å². The van der Waals surface area contributed by atoms with Gasteiger partial charge in [0.25, 0.3) is 5.91 Å². The molecule has 49 heavy (non-hydrogen) atoms. The van der Waals surface area contributed by atoms with E-state index in [0.29, 0.717) is 38.8 Å². The monoisotopic (exact) mass is 703 g/mol. The topological polar surface area (TPSA) is 110 Å². The molecule has 0 radical (unpaired) electrons. The average molecular weight is 705 g/mol. The third kappa shape index (κ3) is 9.84. The highest BCUT2D eigenvalue weighted by Gasteiger charge is 2.21. The molecule has 1 aromatic heterocycles. The zero-order valence-electron chi connectivity index (χ0n) is 26.7. The van der Waals surface area contributed by atoms with Gasteiger partial charge in [-0.2, -0.15) is 0 Å². The maximum Gasteiger partial charge on any atom is 0.341 e. The Morgan fingerprint density at radius 2 is 1.41 bits per heavy atom. The van der Waals surface area contributed by atoms with E-state index in [-0.39, 0.29) is 17.1 Å². The van der Waals surface area contributed by atoms with Gasteiger partial charge in [0.1, 0.15) is 11.6 Å². The number of benzene rings is 4. The van der Waals surface area contributed by atoms with E-state index >= 15 is 0 Å². The van der Waals surface area contributed by atoms with Crippen LogP contribution in [0, 0.1) is 5.82 Å². The number of hydrogen-bond acceptors (Lipinski definition) is 4. The number of rotatable bonds is 15. The largest absolute Gasteiger partial charge is 0.481 e. The minimum Gasteiger partial charge on any atom is -0.481 e. The molecule has 11 heteroatoms. The van der Waals surface area contributed by atoms with Crippen molar-refractivity contribution in [3.8, 4) is 28.0 Å². The van der Waals surface area contributed by atoms with Crippen LogP contribution in [0.4, 0.5) is 9.18 Å². The second-order valence-electron chi connectivity index (χ2n) is 11.6. The standard InChI is InChI=1S/C38H36Cl2FN3O5/c39-29-11-7-9-25(19-29)32-22-28(23-33(36(32)49-24-35(45)46)26-10-8-12-30(40)20-26)37(47)43-38(48)42-16-5-3-1-2-4-6-17-44-18-15-27-21-31(41)13-14-34(27)44/h7-15,18-23H,1-6,16-17,24H2,(H,45,46)(H2,42,43,47,48). The number of nitrogens with zero attached hydrogens (tertiary/aromatic N) is 1. The van der Waals surface area contributed by atoms with Crippen LogP contribution in [0.15, 0.2) is 91.1 Å². The number of aryl methyl sites for hydroxylation is 1. The lowest BCUT2D eigenvalue weighted by molar-refractivity contribution is -0.139. The van der Waals surface area contributed by atoms with Crippen LogP contribution in [0.3, 0.4) is 0 Å². The number of fused-ring (bicyclic) bond motifs is 1. The van der Waals surface area contributed by atoms with Gasteiger partial charge in [-0.15, -0.1) is 0 Å². The summed E-state index contributed by atoms with van der Waals surface area (Å²) in [5.74, 6) is -1.82. The highest BCUT2D eigenvalue weighted by atomic mass is 35.5. The van der Waals surface area contributed by atoms with Gasteiger partial charge in [0.15, 0.2) is 6.61 Å². The Morgan fingerprint density at radius 3 is 2.04 bits per heavy atom. The van der Waals surface area contributed by atoms with Crippen molar-refractivity contribution >= 4 is 52.0 Å². The molecule has 3 N–H and O–H groups in total. The number of ether oxygens (including phenoxy) is 1. The molecular weight excluding hydrogens is 668 g/mol. The number of urea groups is 1. The van der Waals surface area contributed by atoms with Gasteiger partial charge in [-0.05, 0) is 84.6 Å². The molecule has 0 aliphatic heterocycles. The molecule has 3 amide bonds. The van der Waals surface area contributed by atoms with Gasteiger partial charge < -0.3 is 19.7 Å². The number of aliphatic carboxylic acids is 1. The van der Waals surface area contributed by atoms with E-state index in [1.807, 2.05) is 18.3 Å². The Kier molecular flexibility index (Phi) is 12.3. The van der Waals surface area contributed by atoms with Crippen LogP contribution < -0.4 is 15.4 Å². The van der Waals surface area contributed by atoms with Crippen LogP contribution in [-0.4, -0.2) is 40.7 Å². The minimum absolute atomic E-state index is 0.155. The number of carboxylic acid groups (broad SMARTS) is 1. The summed E-state index contributed by atoms with van der Waals surface area (Å²) in [5.41, 5.74) is 3.21. The molecule has 5 rings (SSSR count). The quantitative estimate of drug-likeness (QED) is 0.0942. The first-order chi connectivity index (χ1) is 23.7. The highest BCUT2D eigenvalue weighted by Crippen LogP contribution is 2.41. The maximum absolute atomic E-state index is 13.4. The van der Waals surface area contributed by atoms with Crippen molar-refractivity contribution < 1.29 is 28.6 Å². The lowest BCUT2D eigenvalue weighted by Crippen LogP contribution is -2.39. The second kappa shape index (κ2) is 17.0.